The minimum absolute atomic E-state index is 0.0497. The average Bonchev–Trinajstić information content (AvgIpc) is 3.36. The molecule has 1 aliphatic carbocycles. The van der Waals surface area contributed by atoms with Crippen LogP contribution in [-0.2, 0) is 4.74 Å². The summed E-state index contributed by atoms with van der Waals surface area (Å²) in [5.41, 5.74) is 5.05. The third-order valence-corrected chi connectivity index (χ3v) is 5.84. The van der Waals surface area contributed by atoms with Gasteiger partial charge in [-0.15, -0.1) is 0 Å². The van der Waals surface area contributed by atoms with Gasteiger partial charge in [0.2, 0.25) is 0 Å². The number of pyridine rings is 1. The number of thiocarbonyl (C=S) groups is 1. The van der Waals surface area contributed by atoms with Crippen LogP contribution in [0, 0.1) is 13.8 Å². The van der Waals surface area contributed by atoms with Crippen LogP contribution in [0.25, 0.3) is 0 Å². The van der Waals surface area contributed by atoms with Crippen molar-refractivity contribution in [3.63, 3.8) is 0 Å². The normalized spacial score (nSPS) is 22.7. The van der Waals surface area contributed by atoms with E-state index in [0.29, 0.717) is 12.6 Å². The molecule has 0 spiro atoms. The van der Waals surface area contributed by atoms with Crippen molar-refractivity contribution in [2.45, 2.75) is 44.8 Å². The van der Waals surface area contributed by atoms with Crippen molar-refractivity contribution in [1.82, 2.24) is 19.8 Å². The second kappa shape index (κ2) is 7.00. The fraction of sp³-hybridized carbons (Fsp3) is 0.500. The summed E-state index contributed by atoms with van der Waals surface area (Å²) in [6.45, 7) is 5.87. The molecule has 2 fully saturated rings. The van der Waals surface area contributed by atoms with Gasteiger partial charge in [0.15, 0.2) is 5.11 Å². The zero-order valence-corrected chi connectivity index (χ0v) is 16.4. The Hall–Kier alpha value is -1.92. The van der Waals surface area contributed by atoms with Crippen LogP contribution in [0.1, 0.15) is 53.6 Å². The summed E-state index contributed by atoms with van der Waals surface area (Å²) in [4.78, 5) is 6.87. The summed E-state index contributed by atoms with van der Waals surface area (Å²) in [6, 6.07) is 9.26. The van der Waals surface area contributed by atoms with Crippen LogP contribution in [-0.4, -0.2) is 39.8 Å². The van der Waals surface area contributed by atoms with Gasteiger partial charge in [-0.3, -0.25) is 4.98 Å². The molecule has 3 heterocycles. The number of nitrogens with zero attached hydrogens (tertiary/aromatic N) is 3. The first-order valence-electron chi connectivity index (χ1n) is 9.27. The zero-order valence-electron chi connectivity index (χ0n) is 15.6. The quantitative estimate of drug-likeness (QED) is 0.789. The highest BCUT2D eigenvalue weighted by atomic mass is 32.1. The van der Waals surface area contributed by atoms with Crippen molar-refractivity contribution in [3.05, 3.63) is 53.1 Å². The van der Waals surface area contributed by atoms with Gasteiger partial charge in [0.1, 0.15) is 0 Å². The Labute approximate surface area is 160 Å². The number of aromatic nitrogens is 2. The second-order valence-corrected chi connectivity index (χ2v) is 7.63. The maximum atomic E-state index is 5.68. The van der Waals surface area contributed by atoms with Crippen LogP contribution in [0.4, 0.5) is 0 Å². The van der Waals surface area contributed by atoms with Gasteiger partial charge in [0.25, 0.3) is 0 Å². The SMILES string of the molecule is COCCN1C(=S)N[C@@H](c2ccccn2)[C@@H]1c1cc(C)n(C2CC2)c1C. The molecule has 0 unspecified atom stereocenters. The van der Waals surface area contributed by atoms with Gasteiger partial charge < -0.3 is 19.5 Å². The van der Waals surface area contributed by atoms with E-state index in [1.165, 1.54) is 29.8 Å². The Bertz CT molecular complexity index is 800. The Morgan fingerprint density at radius 2 is 2.12 bits per heavy atom. The van der Waals surface area contributed by atoms with Gasteiger partial charge in [0.05, 0.1) is 24.4 Å². The summed E-state index contributed by atoms with van der Waals surface area (Å²) in [7, 11) is 1.73. The lowest BCUT2D eigenvalue weighted by Crippen LogP contribution is -2.32. The molecule has 2 aromatic heterocycles. The van der Waals surface area contributed by atoms with Crippen molar-refractivity contribution in [3.8, 4) is 0 Å². The van der Waals surface area contributed by atoms with E-state index >= 15 is 0 Å². The second-order valence-electron chi connectivity index (χ2n) is 7.24. The lowest BCUT2D eigenvalue weighted by Gasteiger charge is -2.28. The molecule has 6 heteroatoms. The molecule has 2 aromatic rings. The Kier molecular flexibility index (Phi) is 4.71. The third kappa shape index (κ3) is 3.01. The Morgan fingerprint density at radius 3 is 2.77 bits per heavy atom. The number of hydrogen-bond donors (Lipinski definition) is 1. The van der Waals surface area contributed by atoms with E-state index in [9.17, 15) is 0 Å². The smallest absolute Gasteiger partial charge is 0.170 e. The van der Waals surface area contributed by atoms with E-state index < -0.39 is 0 Å². The van der Waals surface area contributed by atoms with E-state index in [0.717, 1.165) is 17.4 Å². The summed E-state index contributed by atoms with van der Waals surface area (Å²) in [5, 5.41) is 4.29. The molecule has 0 radical (unpaired) electrons. The summed E-state index contributed by atoms with van der Waals surface area (Å²) in [5.74, 6) is 0. The number of hydrogen-bond acceptors (Lipinski definition) is 3. The molecule has 138 valence electrons. The zero-order chi connectivity index (χ0) is 18.3. The lowest BCUT2D eigenvalue weighted by atomic mass is 9.97. The first-order chi connectivity index (χ1) is 12.6. The molecule has 26 heavy (non-hydrogen) atoms. The molecule has 1 saturated heterocycles. The van der Waals surface area contributed by atoms with Gasteiger partial charge in [-0.1, -0.05) is 6.07 Å². The average molecular weight is 371 g/mol. The van der Waals surface area contributed by atoms with E-state index in [2.05, 4.69) is 45.7 Å². The molecule has 0 amide bonds. The Morgan fingerprint density at radius 1 is 1.31 bits per heavy atom. The topological polar surface area (TPSA) is 42.3 Å². The van der Waals surface area contributed by atoms with Gasteiger partial charge in [-0.25, -0.2) is 0 Å². The van der Waals surface area contributed by atoms with Crippen molar-refractivity contribution in [2.24, 2.45) is 0 Å². The summed E-state index contributed by atoms with van der Waals surface area (Å²) >= 11 is 5.68. The van der Waals surface area contributed by atoms with E-state index in [1.54, 1.807) is 7.11 Å². The van der Waals surface area contributed by atoms with E-state index in [-0.39, 0.29) is 12.1 Å². The standard InChI is InChI=1S/C20H26N4OS/c1-13-12-16(14(2)24(13)15-7-8-15)19-18(17-6-4-5-9-21-17)22-20(26)23(19)10-11-25-3/h4-6,9,12,15,18-19H,7-8,10-11H2,1-3H3,(H,22,26)/t18-,19-/m0/s1. The van der Waals surface area contributed by atoms with Crippen molar-refractivity contribution in [2.75, 3.05) is 20.3 Å². The first kappa shape index (κ1) is 17.5. The maximum Gasteiger partial charge on any atom is 0.170 e. The number of rotatable bonds is 6. The molecule has 0 aromatic carbocycles. The third-order valence-electron chi connectivity index (χ3n) is 5.49. The van der Waals surface area contributed by atoms with Gasteiger partial charge in [0, 0.05) is 37.3 Å². The molecule has 1 saturated carbocycles. The van der Waals surface area contributed by atoms with E-state index in [4.69, 9.17) is 17.0 Å². The predicted octanol–water partition coefficient (Wildman–Crippen LogP) is 3.45. The summed E-state index contributed by atoms with van der Waals surface area (Å²) in [6.07, 6.45) is 4.42. The van der Waals surface area contributed by atoms with Crippen LogP contribution in [0.15, 0.2) is 30.5 Å². The molecule has 1 aliphatic heterocycles. The minimum Gasteiger partial charge on any atom is -0.383 e. The van der Waals surface area contributed by atoms with Gasteiger partial charge in [-0.05, 0) is 62.7 Å². The Balaban J connectivity index is 1.76. The van der Waals surface area contributed by atoms with Crippen molar-refractivity contribution in [1.29, 1.82) is 0 Å². The number of nitrogens with one attached hydrogen (secondary N) is 1. The number of ether oxygens (including phenoxy) is 1. The minimum atomic E-state index is 0.0497. The predicted molar refractivity (Wildman–Crippen MR) is 106 cm³/mol. The van der Waals surface area contributed by atoms with Crippen molar-refractivity contribution >= 4 is 17.3 Å². The molecule has 4 rings (SSSR count). The van der Waals surface area contributed by atoms with Crippen LogP contribution in [0.5, 0.6) is 0 Å². The molecule has 2 aliphatic rings. The lowest BCUT2D eigenvalue weighted by molar-refractivity contribution is 0.164. The monoisotopic (exact) mass is 370 g/mol. The molecule has 0 bridgehead atoms. The van der Waals surface area contributed by atoms with Gasteiger partial charge in [-0.2, -0.15) is 0 Å². The highest BCUT2D eigenvalue weighted by Crippen LogP contribution is 2.44. The highest BCUT2D eigenvalue weighted by Gasteiger charge is 2.41. The van der Waals surface area contributed by atoms with Gasteiger partial charge >= 0.3 is 0 Å². The molecule has 1 N–H and O–H groups in total. The molecular formula is C20H26N4OS. The first-order valence-corrected chi connectivity index (χ1v) is 9.68. The molecule has 2 atom stereocenters. The van der Waals surface area contributed by atoms with Crippen LogP contribution < -0.4 is 5.32 Å². The fourth-order valence-corrected chi connectivity index (χ4v) is 4.50. The van der Waals surface area contributed by atoms with Crippen LogP contribution in [0.2, 0.25) is 0 Å². The highest BCUT2D eigenvalue weighted by molar-refractivity contribution is 7.80. The van der Waals surface area contributed by atoms with Crippen LogP contribution in [0.3, 0.4) is 0 Å². The van der Waals surface area contributed by atoms with E-state index in [1.807, 2.05) is 18.3 Å². The maximum absolute atomic E-state index is 5.68. The largest absolute Gasteiger partial charge is 0.383 e. The number of methoxy groups -OCH3 is 1. The van der Waals surface area contributed by atoms with Crippen molar-refractivity contribution < 1.29 is 4.74 Å². The molecule has 5 nitrogen and oxygen atoms in total. The fourth-order valence-electron chi connectivity index (χ4n) is 4.17. The summed E-state index contributed by atoms with van der Waals surface area (Å²) < 4.78 is 7.84. The molecular weight excluding hydrogens is 344 g/mol. The van der Waals surface area contributed by atoms with Crippen LogP contribution >= 0.6 is 12.2 Å². The number of aryl methyl sites for hydroxylation is 1.